The molecule has 0 aliphatic carbocycles. The Bertz CT molecular complexity index is 670. The topological polar surface area (TPSA) is 49.9 Å². The van der Waals surface area contributed by atoms with Crippen LogP contribution >= 0.6 is 23.5 Å². The first kappa shape index (κ1) is 19.2. The number of hydrogen-bond acceptors (Lipinski definition) is 5. The van der Waals surface area contributed by atoms with E-state index in [9.17, 15) is 9.59 Å². The van der Waals surface area contributed by atoms with Crippen LogP contribution < -0.4 is 0 Å². The molecule has 7 heteroatoms. The van der Waals surface area contributed by atoms with E-state index in [1.165, 1.54) is 17.1 Å². The first-order valence-corrected chi connectivity index (χ1v) is 11.8. The minimum absolute atomic E-state index is 0.0488. The van der Waals surface area contributed by atoms with Crippen LogP contribution in [-0.2, 0) is 9.53 Å². The van der Waals surface area contributed by atoms with Crippen LogP contribution in [-0.4, -0.2) is 72.5 Å². The van der Waals surface area contributed by atoms with Gasteiger partial charge in [-0.3, -0.25) is 9.59 Å². The Morgan fingerprint density at radius 2 is 1.67 bits per heavy atom. The highest BCUT2D eigenvalue weighted by Gasteiger charge is 2.32. The predicted octanol–water partition coefficient (Wildman–Crippen LogP) is 2.88. The molecule has 3 fully saturated rings. The summed E-state index contributed by atoms with van der Waals surface area (Å²) in [5.41, 5.74) is 2.02. The summed E-state index contributed by atoms with van der Waals surface area (Å²) in [7, 11) is 0. The fourth-order valence-electron chi connectivity index (χ4n) is 3.92. The van der Waals surface area contributed by atoms with Crippen LogP contribution in [0.15, 0.2) is 24.3 Å². The number of likely N-dealkylation sites (tertiary alicyclic amines) is 1. The first-order valence-electron chi connectivity index (χ1n) is 9.71. The van der Waals surface area contributed by atoms with Crippen molar-refractivity contribution in [1.82, 2.24) is 9.80 Å². The molecule has 3 heterocycles. The molecule has 0 unspecified atom stereocenters. The number of nitrogens with zero attached hydrogens (tertiary/aromatic N) is 2. The van der Waals surface area contributed by atoms with Crippen molar-refractivity contribution >= 4 is 35.3 Å². The maximum absolute atomic E-state index is 12.9. The minimum Gasteiger partial charge on any atom is -0.378 e. The molecule has 27 heavy (non-hydrogen) atoms. The summed E-state index contributed by atoms with van der Waals surface area (Å²) in [4.78, 5) is 29.5. The lowest BCUT2D eigenvalue weighted by Crippen LogP contribution is -2.49. The van der Waals surface area contributed by atoms with E-state index in [1.807, 2.05) is 45.5 Å². The number of carbonyl (C=O) groups excluding carboxylic acids is 2. The molecule has 2 amide bonds. The number of hydrogen-bond donors (Lipinski definition) is 0. The predicted molar refractivity (Wildman–Crippen MR) is 110 cm³/mol. The van der Waals surface area contributed by atoms with Crippen molar-refractivity contribution in [2.24, 2.45) is 5.92 Å². The fourth-order valence-corrected chi connectivity index (χ4v) is 6.78. The summed E-state index contributed by atoms with van der Waals surface area (Å²) in [6.45, 7) is 3.84. The third-order valence-electron chi connectivity index (χ3n) is 5.43. The molecule has 1 aromatic carbocycles. The van der Waals surface area contributed by atoms with Gasteiger partial charge in [-0.1, -0.05) is 12.1 Å². The van der Waals surface area contributed by atoms with Gasteiger partial charge < -0.3 is 14.5 Å². The summed E-state index contributed by atoms with van der Waals surface area (Å²) in [5, 5.41) is 0. The quantitative estimate of drug-likeness (QED) is 0.773. The molecule has 3 aliphatic heterocycles. The number of morpholine rings is 1. The molecular weight excluding hydrogens is 380 g/mol. The Balaban J connectivity index is 1.38. The molecular formula is C20H26N2O3S2. The second-order valence-corrected chi connectivity index (χ2v) is 9.95. The van der Waals surface area contributed by atoms with Gasteiger partial charge in [-0.2, -0.15) is 0 Å². The van der Waals surface area contributed by atoms with Crippen LogP contribution in [0.5, 0.6) is 0 Å². The smallest absolute Gasteiger partial charge is 0.253 e. The zero-order valence-corrected chi connectivity index (χ0v) is 17.1. The summed E-state index contributed by atoms with van der Waals surface area (Å²) in [5.74, 6) is 2.55. The lowest BCUT2D eigenvalue weighted by Gasteiger charge is -2.36. The van der Waals surface area contributed by atoms with Crippen molar-refractivity contribution in [2.75, 3.05) is 50.9 Å². The second kappa shape index (κ2) is 8.88. The van der Waals surface area contributed by atoms with E-state index in [4.69, 9.17) is 4.74 Å². The van der Waals surface area contributed by atoms with E-state index in [-0.39, 0.29) is 17.7 Å². The normalized spacial score (nSPS) is 24.2. The van der Waals surface area contributed by atoms with E-state index in [0.717, 1.165) is 24.9 Å². The first-order chi connectivity index (χ1) is 13.2. The van der Waals surface area contributed by atoms with Gasteiger partial charge in [0.15, 0.2) is 0 Å². The van der Waals surface area contributed by atoms with Gasteiger partial charge in [-0.15, -0.1) is 23.5 Å². The average Bonchev–Trinajstić information content (AvgIpc) is 3.28. The summed E-state index contributed by atoms with van der Waals surface area (Å²) in [6.07, 6.45) is 1.76. The van der Waals surface area contributed by atoms with E-state index >= 15 is 0 Å². The van der Waals surface area contributed by atoms with Gasteiger partial charge in [0, 0.05) is 43.2 Å². The molecule has 146 valence electrons. The maximum atomic E-state index is 12.9. The Hall–Kier alpha value is -1.18. The molecule has 0 spiro atoms. The molecule has 0 radical (unpaired) electrons. The molecule has 4 rings (SSSR count). The summed E-state index contributed by atoms with van der Waals surface area (Å²) in [6, 6.07) is 8.07. The van der Waals surface area contributed by atoms with Crippen LogP contribution in [0.2, 0.25) is 0 Å². The van der Waals surface area contributed by atoms with Crippen LogP contribution in [0.25, 0.3) is 0 Å². The Morgan fingerprint density at radius 1 is 0.963 bits per heavy atom. The van der Waals surface area contributed by atoms with Crippen molar-refractivity contribution in [1.29, 1.82) is 0 Å². The Morgan fingerprint density at radius 3 is 2.37 bits per heavy atom. The standard InChI is InChI=1S/C20H26N2O3S2/c23-18(15-3-5-16(6-4-15)20-26-12-13-27-20)22-7-1-2-17(14-22)19(24)21-8-10-25-11-9-21/h3-6,17,20H,1-2,7-14H2/t17-/m0/s1. The van der Waals surface area contributed by atoms with Crippen molar-refractivity contribution in [3.63, 3.8) is 0 Å². The zero-order valence-electron chi connectivity index (χ0n) is 15.5. The van der Waals surface area contributed by atoms with Crippen LogP contribution in [0.4, 0.5) is 0 Å². The lowest BCUT2D eigenvalue weighted by atomic mass is 9.95. The maximum Gasteiger partial charge on any atom is 0.253 e. The van der Waals surface area contributed by atoms with E-state index in [0.29, 0.717) is 37.4 Å². The van der Waals surface area contributed by atoms with Gasteiger partial charge in [0.2, 0.25) is 5.91 Å². The zero-order chi connectivity index (χ0) is 18.6. The summed E-state index contributed by atoms with van der Waals surface area (Å²) < 4.78 is 5.84. The molecule has 0 bridgehead atoms. The number of ether oxygens (including phenoxy) is 1. The number of amides is 2. The second-order valence-electron chi connectivity index (χ2n) is 7.22. The molecule has 1 aromatic rings. The van der Waals surface area contributed by atoms with Crippen molar-refractivity contribution < 1.29 is 14.3 Å². The van der Waals surface area contributed by atoms with Crippen molar-refractivity contribution in [3.8, 4) is 0 Å². The fraction of sp³-hybridized carbons (Fsp3) is 0.600. The van der Waals surface area contributed by atoms with Crippen molar-refractivity contribution in [3.05, 3.63) is 35.4 Å². The number of rotatable bonds is 3. The number of piperidine rings is 1. The molecule has 0 saturated carbocycles. The van der Waals surface area contributed by atoms with E-state index in [2.05, 4.69) is 12.1 Å². The monoisotopic (exact) mass is 406 g/mol. The van der Waals surface area contributed by atoms with Gasteiger partial charge in [-0.05, 0) is 30.5 Å². The SMILES string of the molecule is O=C(c1ccc(C2SCCS2)cc1)N1CCC[C@H](C(=O)N2CCOCC2)C1. The molecule has 5 nitrogen and oxygen atoms in total. The lowest BCUT2D eigenvalue weighted by molar-refractivity contribution is -0.141. The minimum atomic E-state index is -0.0774. The third kappa shape index (κ3) is 4.46. The highest BCUT2D eigenvalue weighted by atomic mass is 32.2. The number of benzene rings is 1. The molecule has 1 atom stereocenters. The number of carbonyl (C=O) groups is 2. The highest BCUT2D eigenvalue weighted by Crippen LogP contribution is 2.45. The van der Waals surface area contributed by atoms with E-state index in [1.54, 1.807) is 0 Å². The van der Waals surface area contributed by atoms with Gasteiger partial charge in [0.25, 0.3) is 5.91 Å². The van der Waals surface area contributed by atoms with Gasteiger partial charge in [0.1, 0.15) is 0 Å². The Kier molecular flexibility index (Phi) is 6.30. The highest BCUT2D eigenvalue weighted by molar-refractivity contribution is 8.19. The Labute approximate surface area is 169 Å². The van der Waals surface area contributed by atoms with Crippen LogP contribution in [0.3, 0.4) is 0 Å². The molecule has 3 saturated heterocycles. The van der Waals surface area contributed by atoms with E-state index < -0.39 is 0 Å². The number of thioether (sulfide) groups is 2. The van der Waals surface area contributed by atoms with Gasteiger partial charge >= 0.3 is 0 Å². The van der Waals surface area contributed by atoms with Gasteiger partial charge in [-0.25, -0.2) is 0 Å². The largest absolute Gasteiger partial charge is 0.378 e. The van der Waals surface area contributed by atoms with Crippen molar-refractivity contribution in [2.45, 2.75) is 17.4 Å². The van der Waals surface area contributed by atoms with Gasteiger partial charge in [0.05, 0.1) is 23.7 Å². The average molecular weight is 407 g/mol. The third-order valence-corrected chi connectivity index (χ3v) is 8.54. The molecule has 0 aromatic heterocycles. The van der Waals surface area contributed by atoms with Crippen LogP contribution in [0, 0.1) is 5.92 Å². The molecule has 3 aliphatic rings. The summed E-state index contributed by atoms with van der Waals surface area (Å²) >= 11 is 3.94. The van der Waals surface area contributed by atoms with Crippen LogP contribution in [0.1, 0.15) is 33.3 Å². The molecule has 0 N–H and O–H groups in total.